The van der Waals surface area contributed by atoms with E-state index >= 15 is 0 Å². The Labute approximate surface area is 217 Å². The number of aliphatic hydroxyl groups is 1. The lowest BCUT2D eigenvalue weighted by molar-refractivity contribution is -0.384. The summed E-state index contributed by atoms with van der Waals surface area (Å²) in [5, 5.41) is 34.7. The number of carbonyl (C=O) groups is 1. The lowest BCUT2D eigenvalue weighted by Gasteiger charge is -2.38. The van der Waals surface area contributed by atoms with E-state index in [1.54, 1.807) is 13.0 Å². The number of nitro groups is 1. The van der Waals surface area contributed by atoms with Crippen LogP contribution in [0.1, 0.15) is 12.5 Å². The number of hydrogen-bond donors (Lipinski definition) is 4. The molecule has 0 radical (unpaired) electrons. The average molecular weight is 538 g/mol. The largest absolute Gasteiger partial charge is 0.480 e. The van der Waals surface area contributed by atoms with Crippen LogP contribution in [0.3, 0.4) is 0 Å². The second-order valence-electron chi connectivity index (χ2n) is 8.49. The van der Waals surface area contributed by atoms with Crippen molar-refractivity contribution in [2.75, 3.05) is 10.0 Å². The number of non-ortho nitro benzene ring substituents is 1. The molecule has 3 atom stereocenters. The second kappa shape index (κ2) is 10.4. The van der Waals surface area contributed by atoms with Crippen LogP contribution < -0.4 is 10.0 Å². The van der Waals surface area contributed by atoms with Gasteiger partial charge in [-0.05, 0) is 42.3 Å². The highest BCUT2D eigenvalue weighted by atomic mass is 32.2. The van der Waals surface area contributed by atoms with Crippen LogP contribution >= 0.6 is 0 Å². The number of hydrogen-bond acceptors (Lipinski definition) is 9. The summed E-state index contributed by atoms with van der Waals surface area (Å²) in [5.41, 5.74) is -0.543. The Hall–Kier alpha value is -4.62. The Morgan fingerprint density at radius 3 is 2.42 bits per heavy atom. The molecule has 4 rings (SSSR count). The average Bonchev–Trinajstić information content (AvgIpc) is 2.89. The molecule has 1 aliphatic rings. The van der Waals surface area contributed by atoms with Gasteiger partial charge in [0.05, 0.1) is 15.9 Å². The van der Waals surface area contributed by atoms with Crippen molar-refractivity contribution < 1.29 is 28.3 Å². The van der Waals surface area contributed by atoms with Gasteiger partial charge in [0, 0.05) is 24.4 Å². The molecule has 4 N–H and O–H groups in total. The molecule has 1 heterocycles. The molecular weight excluding hydrogens is 514 g/mol. The highest BCUT2D eigenvalue weighted by molar-refractivity contribution is 7.92. The summed E-state index contributed by atoms with van der Waals surface area (Å²) in [5.74, 6) is -1.48. The van der Waals surface area contributed by atoms with E-state index < -0.39 is 38.5 Å². The predicted octanol–water partition coefficient (Wildman–Crippen LogP) is 3.07. The van der Waals surface area contributed by atoms with Crippen molar-refractivity contribution in [2.24, 2.45) is 5.41 Å². The van der Waals surface area contributed by atoms with Crippen LogP contribution in [0.15, 0.2) is 90.0 Å². The molecule has 2 unspecified atom stereocenters. The molecule has 13 heteroatoms. The summed E-state index contributed by atoms with van der Waals surface area (Å²) >= 11 is 0. The van der Waals surface area contributed by atoms with Gasteiger partial charge in [-0.15, -0.1) is 0 Å². The first-order valence-corrected chi connectivity index (χ1v) is 12.8. The smallest absolute Gasteiger partial charge is 0.318 e. The third-order valence-corrected chi connectivity index (χ3v) is 7.53. The molecule has 2 aromatic carbocycles. The molecule has 0 aliphatic heterocycles. The number of nitrogens with one attached hydrogen (secondary N) is 2. The number of sulfonamides is 1. The zero-order valence-electron chi connectivity index (χ0n) is 19.9. The van der Waals surface area contributed by atoms with Gasteiger partial charge < -0.3 is 15.5 Å². The Morgan fingerprint density at radius 2 is 1.82 bits per heavy atom. The summed E-state index contributed by atoms with van der Waals surface area (Å²) in [7, 11) is -4.13. The predicted molar refractivity (Wildman–Crippen MR) is 139 cm³/mol. The fraction of sp³-hybridized carbons (Fsp3) is 0.160. The number of anilines is 2. The highest BCUT2D eigenvalue weighted by Crippen LogP contribution is 2.38. The van der Waals surface area contributed by atoms with E-state index in [1.807, 2.05) is 30.3 Å². The third-order valence-electron chi connectivity index (χ3n) is 6.16. The number of aromatic nitrogens is 2. The topological polar surface area (TPSA) is 185 Å². The van der Waals surface area contributed by atoms with Crippen molar-refractivity contribution >= 4 is 39.0 Å². The lowest BCUT2D eigenvalue weighted by Crippen LogP contribution is -2.52. The van der Waals surface area contributed by atoms with Crippen LogP contribution in [0.5, 0.6) is 0 Å². The molecule has 0 amide bonds. The van der Waals surface area contributed by atoms with Gasteiger partial charge in [0.15, 0.2) is 0 Å². The summed E-state index contributed by atoms with van der Waals surface area (Å²) < 4.78 is 27.7. The minimum absolute atomic E-state index is 0.0829. The molecule has 0 saturated carbocycles. The number of aliphatic hydroxyl groups excluding tert-OH is 1. The van der Waals surface area contributed by atoms with E-state index in [4.69, 9.17) is 0 Å². The molecule has 1 aromatic heterocycles. The van der Waals surface area contributed by atoms with Crippen molar-refractivity contribution in [3.63, 3.8) is 0 Å². The van der Waals surface area contributed by atoms with Crippen LogP contribution in [-0.4, -0.2) is 51.6 Å². The van der Waals surface area contributed by atoms with Crippen molar-refractivity contribution in [1.29, 1.82) is 0 Å². The van der Waals surface area contributed by atoms with Gasteiger partial charge in [0.1, 0.15) is 11.2 Å². The van der Waals surface area contributed by atoms with Crippen LogP contribution in [0.25, 0.3) is 5.57 Å². The standard InChI is InChI=1S/C25H23N5O7S/c1-16(25(23(32)33)13-11-18(15-21(25)31)17-5-3-2-4-6-17)27-24-26-14-12-22(28-24)29-38(36,37)20-9-7-19(8-10-20)30(34)35/h2-16,21,31H,1H3,(H,32,33)(H2,26,27,28,29)/t16?,21-,25?/m0/s1. The SMILES string of the molecule is CC(Nc1nccc(NS(=O)(=O)c2ccc([N+](=O)[O-])cc2)n1)C1(C(=O)O)C=CC(c2ccccc2)=C[C@@H]1O. The van der Waals surface area contributed by atoms with Crippen LogP contribution in [0.4, 0.5) is 17.5 Å². The van der Waals surface area contributed by atoms with E-state index in [2.05, 4.69) is 20.0 Å². The molecule has 0 saturated heterocycles. The van der Waals surface area contributed by atoms with Crippen molar-refractivity contribution in [3.8, 4) is 0 Å². The van der Waals surface area contributed by atoms with Crippen molar-refractivity contribution in [2.45, 2.75) is 24.0 Å². The van der Waals surface area contributed by atoms with Gasteiger partial charge in [0.25, 0.3) is 15.7 Å². The third kappa shape index (κ3) is 5.23. The van der Waals surface area contributed by atoms with E-state index in [-0.39, 0.29) is 22.3 Å². The van der Waals surface area contributed by atoms with Gasteiger partial charge in [-0.2, -0.15) is 4.98 Å². The van der Waals surface area contributed by atoms with E-state index in [0.29, 0.717) is 5.57 Å². The van der Waals surface area contributed by atoms with Gasteiger partial charge in [0.2, 0.25) is 5.95 Å². The van der Waals surface area contributed by atoms with E-state index in [0.717, 1.165) is 29.8 Å². The molecule has 12 nitrogen and oxygen atoms in total. The zero-order valence-corrected chi connectivity index (χ0v) is 20.7. The molecule has 0 fully saturated rings. The number of aliphatic carboxylic acids is 1. The molecule has 3 aromatic rings. The minimum atomic E-state index is -4.13. The van der Waals surface area contributed by atoms with Crippen LogP contribution in [0, 0.1) is 15.5 Å². The van der Waals surface area contributed by atoms with Gasteiger partial charge in [-0.25, -0.2) is 13.4 Å². The molecule has 0 spiro atoms. The molecule has 1 aliphatic carbocycles. The number of carboxylic acid groups (broad SMARTS) is 1. The first-order chi connectivity index (χ1) is 18.0. The second-order valence-corrected chi connectivity index (χ2v) is 10.2. The first kappa shape index (κ1) is 26.4. The number of nitrogens with zero attached hydrogens (tertiary/aromatic N) is 3. The highest BCUT2D eigenvalue weighted by Gasteiger charge is 2.49. The summed E-state index contributed by atoms with van der Waals surface area (Å²) in [6.45, 7) is 1.54. The monoisotopic (exact) mass is 537 g/mol. The van der Waals surface area contributed by atoms with Gasteiger partial charge in [-0.1, -0.05) is 42.5 Å². The molecular formula is C25H23N5O7S. The Bertz CT molecular complexity index is 1530. The van der Waals surface area contributed by atoms with Crippen molar-refractivity contribution in [3.05, 3.63) is 101 Å². The normalized spacial score (nSPS) is 19.7. The summed E-state index contributed by atoms with van der Waals surface area (Å²) in [6, 6.07) is 13.9. The number of nitro benzene ring substituents is 1. The lowest BCUT2D eigenvalue weighted by atomic mass is 9.72. The van der Waals surface area contributed by atoms with Gasteiger partial charge >= 0.3 is 5.97 Å². The first-order valence-electron chi connectivity index (χ1n) is 11.3. The molecule has 196 valence electrons. The minimum Gasteiger partial charge on any atom is -0.480 e. The molecule has 38 heavy (non-hydrogen) atoms. The fourth-order valence-corrected chi connectivity index (χ4v) is 5.04. The van der Waals surface area contributed by atoms with Crippen LogP contribution in [-0.2, 0) is 14.8 Å². The summed E-state index contributed by atoms with van der Waals surface area (Å²) in [6.07, 6.45) is 4.39. The van der Waals surface area contributed by atoms with Crippen molar-refractivity contribution in [1.82, 2.24) is 9.97 Å². The number of carboxylic acids is 1. The Morgan fingerprint density at radius 1 is 1.13 bits per heavy atom. The maximum absolute atomic E-state index is 12.7. The van der Waals surface area contributed by atoms with Crippen LogP contribution in [0.2, 0.25) is 0 Å². The Kier molecular flexibility index (Phi) is 7.23. The van der Waals surface area contributed by atoms with E-state index in [9.17, 15) is 33.5 Å². The Balaban J connectivity index is 1.54. The maximum Gasteiger partial charge on any atom is 0.318 e. The summed E-state index contributed by atoms with van der Waals surface area (Å²) in [4.78, 5) is 30.5. The molecule has 0 bridgehead atoms. The fourth-order valence-electron chi connectivity index (χ4n) is 4.04. The quantitative estimate of drug-likeness (QED) is 0.233. The zero-order chi connectivity index (χ0) is 27.5. The van der Waals surface area contributed by atoms with Gasteiger partial charge in [-0.3, -0.25) is 19.6 Å². The number of allylic oxidation sites excluding steroid dienone is 2. The van der Waals surface area contributed by atoms with E-state index in [1.165, 1.54) is 24.4 Å². The number of rotatable bonds is 9. The number of benzene rings is 2. The maximum atomic E-state index is 12.7.